The molecule has 0 unspecified atom stereocenters. The minimum Gasteiger partial charge on any atom is -0.472 e. The second-order valence-electron chi connectivity index (χ2n) is 6.91. The zero-order valence-electron chi connectivity index (χ0n) is 12.8. The van der Waals surface area contributed by atoms with E-state index in [9.17, 15) is 4.79 Å². The lowest BCUT2D eigenvalue weighted by Crippen LogP contribution is -2.26. The summed E-state index contributed by atoms with van der Waals surface area (Å²) in [5.41, 5.74) is 2.64. The lowest BCUT2D eigenvalue weighted by molar-refractivity contribution is -0.120. The molecule has 2 aromatic heterocycles. The first-order valence-corrected chi connectivity index (χ1v) is 8.39. The van der Waals surface area contributed by atoms with Crippen molar-refractivity contribution in [3.05, 3.63) is 47.8 Å². The Morgan fingerprint density at radius 3 is 3.00 bits per heavy atom. The van der Waals surface area contributed by atoms with Crippen LogP contribution >= 0.6 is 0 Å². The van der Waals surface area contributed by atoms with E-state index in [-0.39, 0.29) is 11.3 Å². The Balaban J connectivity index is 1.56. The van der Waals surface area contributed by atoms with Crippen molar-refractivity contribution in [1.29, 1.82) is 0 Å². The Bertz CT molecular complexity index is 652. The van der Waals surface area contributed by atoms with Gasteiger partial charge in [-0.3, -0.25) is 4.79 Å². The number of Topliss-reactive ketones (excluding diaryl/α,β-unsaturated/α-hetero) is 1. The van der Waals surface area contributed by atoms with Crippen LogP contribution in [0, 0.1) is 5.41 Å². The van der Waals surface area contributed by atoms with Gasteiger partial charge in [0, 0.05) is 6.42 Å². The fourth-order valence-electron chi connectivity index (χ4n) is 4.61. The molecule has 0 amide bonds. The third kappa shape index (κ3) is 2.23. The summed E-state index contributed by atoms with van der Waals surface area (Å²) in [6.07, 6.45) is 13.7. The smallest absolute Gasteiger partial charge is 0.144 e. The summed E-state index contributed by atoms with van der Waals surface area (Å²) in [5, 5.41) is 0. The first-order valence-electron chi connectivity index (χ1n) is 8.39. The second kappa shape index (κ2) is 5.45. The van der Waals surface area contributed by atoms with Crippen LogP contribution in [-0.4, -0.2) is 5.78 Å². The van der Waals surface area contributed by atoms with Crippen molar-refractivity contribution in [2.45, 2.75) is 57.3 Å². The van der Waals surface area contributed by atoms with Crippen LogP contribution in [0.5, 0.6) is 0 Å². The molecule has 0 saturated heterocycles. The molecule has 0 spiro atoms. The Labute approximate surface area is 130 Å². The highest BCUT2D eigenvalue weighted by atomic mass is 16.3. The van der Waals surface area contributed by atoms with Gasteiger partial charge in [0.25, 0.3) is 0 Å². The number of rotatable bonds is 4. The largest absolute Gasteiger partial charge is 0.472 e. The van der Waals surface area contributed by atoms with Crippen LogP contribution in [-0.2, 0) is 17.6 Å². The topological polar surface area (TPSA) is 43.4 Å². The number of fused-ring (bicyclic) bond motifs is 3. The molecular formula is C19H22O3. The molecule has 1 fully saturated rings. The van der Waals surface area contributed by atoms with Crippen molar-refractivity contribution in [2.75, 3.05) is 0 Å². The van der Waals surface area contributed by atoms with E-state index in [1.54, 1.807) is 12.5 Å². The van der Waals surface area contributed by atoms with E-state index >= 15 is 0 Å². The van der Waals surface area contributed by atoms with Crippen molar-refractivity contribution >= 4 is 5.78 Å². The second-order valence-corrected chi connectivity index (χ2v) is 6.91. The van der Waals surface area contributed by atoms with Gasteiger partial charge >= 0.3 is 0 Å². The lowest BCUT2D eigenvalue weighted by atomic mass is 9.70. The number of hydrogen-bond donors (Lipinski definition) is 0. The number of aryl methyl sites for hydroxylation is 2. The van der Waals surface area contributed by atoms with Crippen molar-refractivity contribution in [2.24, 2.45) is 5.41 Å². The highest BCUT2D eigenvalue weighted by molar-refractivity contribution is 5.89. The van der Waals surface area contributed by atoms with E-state index in [1.807, 2.05) is 12.3 Å². The molecule has 22 heavy (non-hydrogen) atoms. The van der Waals surface area contributed by atoms with Crippen LogP contribution < -0.4 is 0 Å². The summed E-state index contributed by atoms with van der Waals surface area (Å²) in [5.74, 6) is 1.37. The van der Waals surface area contributed by atoms with Crippen molar-refractivity contribution < 1.29 is 13.6 Å². The molecule has 3 nitrogen and oxygen atoms in total. The normalized spacial score (nSPS) is 27.5. The van der Waals surface area contributed by atoms with E-state index in [0.717, 1.165) is 50.7 Å². The molecule has 2 aliphatic carbocycles. The van der Waals surface area contributed by atoms with E-state index in [0.29, 0.717) is 5.78 Å². The third-order valence-electron chi connectivity index (χ3n) is 5.69. The SMILES string of the molecule is O=C1CC[C@]2(CCCc3ccoc3)CCCc3ccoc3[C@H]12. The first-order chi connectivity index (χ1) is 10.8. The highest BCUT2D eigenvalue weighted by Gasteiger charge is 2.50. The number of ketones is 1. The highest BCUT2D eigenvalue weighted by Crippen LogP contribution is 2.55. The molecule has 4 rings (SSSR count). The van der Waals surface area contributed by atoms with E-state index in [1.165, 1.54) is 17.5 Å². The van der Waals surface area contributed by atoms with Crippen LogP contribution in [0.2, 0.25) is 0 Å². The Kier molecular flexibility index (Phi) is 3.44. The predicted octanol–water partition coefficient (Wildman–Crippen LogP) is 4.66. The maximum Gasteiger partial charge on any atom is 0.144 e. The van der Waals surface area contributed by atoms with Crippen LogP contribution in [0.1, 0.15) is 61.3 Å². The van der Waals surface area contributed by atoms with Gasteiger partial charge in [0.05, 0.1) is 24.7 Å². The average Bonchev–Trinajstić information content (AvgIpc) is 3.21. The number of carbonyl (C=O) groups is 1. The zero-order chi connectivity index (χ0) is 15.0. The molecule has 0 radical (unpaired) electrons. The molecule has 2 atom stereocenters. The summed E-state index contributed by atoms with van der Waals surface area (Å²) in [7, 11) is 0. The molecule has 2 aromatic rings. The van der Waals surface area contributed by atoms with Gasteiger partial charge in [-0.1, -0.05) is 0 Å². The van der Waals surface area contributed by atoms with E-state index in [2.05, 4.69) is 6.07 Å². The number of carbonyl (C=O) groups excluding carboxylic acids is 1. The monoisotopic (exact) mass is 298 g/mol. The summed E-state index contributed by atoms with van der Waals surface area (Å²) in [6.45, 7) is 0. The molecule has 116 valence electrons. The van der Waals surface area contributed by atoms with Crippen molar-refractivity contribution in [3.8, 4) is 0 Å². The Hall–Kier alpha value is -1.77. The van der Waals surface area contributed by atoms with Gasteiger partial charge in [-0.05, 0) is 73.6 Å². The molecular weight excluding hydrogens is 276 g/mol. The molecule has 1 saturated carbocycles. The van der Waals surface area contributed by atoms with Gasteiger partial charge < -0.3 is 8.83 Å². The van der Waals surface area contributed by atoms with Crippen molar-refractivity contribution in [1.82, 2.24) is 0 Å². The Morgan fingerprint density at radius 1 is 1.18 bits per heavy atom. The maximum absolute atomic E-state index is 12.5. The average molecular weight is 298 g/mol. The van der Waals surface area contributed by atoms with Gasteiger partial charge in [0.2, 0.25) is 0 Å². The molecule has 0 aliphatic heterocycles. The third-order valence-corrected chi connectivity index (χ3v) is 5.69. The van der Waals surface area contributed by atoms with Gasteiger partial charge in [-0.25, -0.2) is 0 Å². The standard InChI is InChI=1S/C19H22O3/c20-16-5-10-19(8-1-3-14-6-11-21-13-14)9-2-4-15-7-12-22-18(15)17(16)19/h6-7,11-13,17H,1-5,8-10H2/t17-,19-/m0/s1. The zero-order valence-corrected chi connectivity index (χ0v) is 12.8. The molecule has 2 aliphatic rings. The lowest BCUT2D eigenvalue weighted by Gasteiger charge is -2.32. The number of furan rings is 2. The fourth-order valence-corrected chi connectivity index (χ4v) is 4.61. The maximum atomic E-state index is 12.5. The quantitative estimate of drug-likeness (QED) is 0.824. The van der Waals surface area contributed by atoms with Gasteiger partial charge in [-0.15, -0.1) is 0 Å². The van der Waals surface area contributed by atoms with E-state index in [4.69, 9.17) is 8.83 Å². The van der Waals surface area contributed by atoms with Gasteiger partial charge in [0.1, 0.15) is 11.5 Å². The van der Waals surface area contributed by atoms with Gasteiger partial charge in [-0.2, -0.15) is 0 Å². The molecule has 0 N–H and O–H groups in total. The van der Waals surface area contributed by atoms with Crippen molar-refractivity contribution in [3.63, 3.8) is 0 Å². The predicted molar refractivity (Wildman–Crippen MR) is 82.7 cm³/mol. The minimum absolute atomic E-state index is 0.00403. The molecule has 2 heterocycles. The molecule has 0 aromatic carbocycles. The van der Waals surface area contributed by atoms with E-state index < -0.39 is 0 Å². The van der Waals surface area contributed by atoms with Crippen LogP contribution in [0.4, 0.5) is 0 Å². The Morgan fingerprint density at radius 2 is 2.14 bits per heavy atom. The van der Waals surface area contributed by atoms with Crippen LogP contribution in [0.3, 0.4) is 0 Å². The molecule has 0 bridgehead atoms. The minimum atomic E-state index is 0.00403. The van der Waals surface area contributed by atoms with Crippen LogP contribution in [0.25, 0.3) is 0 Å². The summed E-state index contributed by atoms with van der Waals surface area (Å²) in [4.78, 5) is 12.5. The summed E-state index contributed by atoms with van der Waals surface area (Å²) < 4.78 is 10.9. The van der Waals surface area contributed by atoms with Crippen LogP contribution in [0.15, 0.2) is 39.8 Å². The summed E-state index contributed by atoms with van der Waals surface area (Å²) in [6, 6.07) is 4.09. The summed E-state index contributed by atoms with van der Waals surface area (Å²) >= 11 is 0. The van der Waals surface area contributed by atoms with Gasteiger partial charge in [0.15, 0.2) is 0 Å². The number of hydrogen-bond acceptors (Lipinski definition) is 3. The molecule has 3 heteroatoms. The first kappa shape index (κ1) is 13.9. The fraction of sp³-hybridized carbons (Fsp3) is 0.526.